The van der Waals surface area contributed by atoms with Crippen LogP contribution in [0, 0.1) is 0 Å². The van der Waals surface area contributed by atoms with Crippen LogP contribution < -0.4 is 0 Å². The van der Waals surface area contributed by atoms with Gasteiger partial charge in [0.05, 0.1) is 6.42 Å². The molecule has 0 aliphatic heterocycles. The SMILES string of the molecule is [O]C(=O)CCC=O. The Hall–Kier alpha value is -0.860. The molecule has 0 heterocycles. The summed E-state index contributed by atoms with van der Waals surface area (Å²) in [7, 11) is 0. The minimum absolute atomic E-state index is 0.0579. The Labute approximate surface area is 41.0 Å². The van der Waals surface area contributed by atoms with Gasteiger partial charge in [0.1, 0.15) is 6.29 Å². The predicted molar refractivity (Wildman–Crippen MR) is 21.0 cm³/mol. The molecule has 0 N–H and O–H groups in total. The molecule has 0 aromatic heterocycles. The number of carbonyl (C=O) groups is 2. The van der Waals surface area contributed by atoms with Gasteiger partial charge in [-0.15, -0.1) is 0 Å². The molecule has 0 saturated carbocycles. The van der Waals surface area contributed by atoms with Crippen LogP contribution in [0.5, 0.6) is 0 Å². The maximum absolute atomic E-state index is 9.49. The lowest BCUT2D eigenvalue weighted by Crippen LogP contribution is -1.90. The Bertz CT molecular complexity index is 77.0. The van der Waals surface area contributed by atoms with Gasteiger partial charge < -0.3 is 4.79 Å². The molecule has 39 valence electrons. The third-order valence-corrected chi connectivity index (χ3v) is 0.466. The quantitative estimate of drug-likeness (QED) is 0.467. The van der Waals surface area contributed by atoms with Crippen molar-refractivity contribution < 1.29 is 14.7 Å². The molecule has 0 amide bonds. The Morgan fingerprint density at radius 2 is 2.14 bits per heavy atom. The molecule has 0 aliphatic carbocycles. The molecule has 0 saturated heterocycles. The fourth-order valence-corrected chi connectivity index (χ4v) is 0.177. The van der Waals surface area contributed by atoms with Crippen molar-refractivity contribution in [1.29, 1.82) is 0 Å². The Morgan fingerprint density at radius 1 is 1.57 bits per heavy atom. The van der Waals surface area contributed by atoms with Gasteiger partial charge in [0.15, 0.2) is 0 Å². The predicted octanol–water partition coefficient (Wildman–Crippen LogP) is -0.0774. The minimum atomic E-state index is -1.17. The lowest BCUT2D eigenvalue weighted by Gasteiger charge is -1.75. The fourth-order valence-electron chi connectivity index (χ4n) is 0.177. The van der Waals surface area contributed by atoms with Crippen LogP contribution in [0.25, 0.3) is 0 Å². The van der Waals surface area contributed by atoms with E-state index in [-0.39, 0.29) is 12.8 Å². The number of hydrogen-bond donors (Lipinski definition) is 0. The van der Waals surface area contributed by atoms with Crippen LogP contribution in [-0.4, -0.2) is 12.3 Å². The zero-order valence-corrected chi connectivity index (χ0v) is 3.72. The van der Waals surface area contributed by atoms with Gasteiger partial charge in [-0.1, -0.05) is 0 Å². The van der Waals surface area contributed by atoms with Gasteiger partial charge in [0, 0.05) is 6.42 Å². The molecular formula is C4H5O3. The molecule has 0 atom stereocenters. The standard InChI is InChI=1S/C4H5O3/c5-3-1-2-4(6)7/h3H,1-2H2. The van der Waals surface area contributed by atoms with Gasteiger partial charge in [-0.3, -0.25) is 0 Å². The summed E-state index contributed by atoms with van der Waals surface area (Å²) in [6, 6.07) is 0. The van der Waals surface area contributed by atoms with Crippen LogP contribution in [0.4, 0.5) is 0 Å². The van der Waals surface area contributed by atoms with Gasteiger partial charge in [-0.05, 0) is 0 Å². The summed E-state index contributed by atoms with van der Waals surface area (Å²) >= 11 is 0. The number of aldehydes is 1. The molecule has 3 nitrogen and oxygen atoms in total. The Kier molecular flexibility index (Phi) is 2.92. The third kappa shape index (κ3) is 5.14. The van der Waals surface area contributed by atoms with E-state index in [1.54, 1.807) is 0 Å². The average molecular weight is 101 g/mol. The average Bonchev–Trinajstić information content (AvgIpc) is 1.61. The summed E-state index contributed by atoms with van der Waals surface area (Å²) in [5.74, 6) is -1.17. The Balaban J connectivity index is 2.97. The molecule has 0 fully saturated rings. The summed E-state index contributed by atoms with van der Waals surface area (Å²) < 4.78 is 0. The van der Waals surface area contributed by atoms with E-state index in [0.29, 0.717) is 6.29 Å². The van der Waals surface area contributed by atoms with E-state index in [1.165, 1.54) is 0 Å². The molecule has 0 aromatic rings. The second kappa shape index (κ2) is 3.33. The molecule has 0 aromatic carbocycles. The highest BCUT2D eigenvalue weighted by Gasteiger charge is 1.94. The molecule has 1 radical (unpaired) electrons. The number of carbonyl (C=O) groups excluding carboxylic acids is 2. The summed E-state index contributed by atoms with van der Waals surface area (Å²) in [6.45, 7) is 0. The van der Waals surface area contributed by atoms with Crippen LogP contribution in [0.1, 0.15) is 12.8 Å². The van der Waals surface area contributed by atoms with E-state index in [2.05, 4.69) is 0 Å². The molecule has 7 heavy (non-hydrogen) atoms. The summed E-state index contributed by atoms with van der Waals surface area (Å²) in [4.78, 5) is 18.9. The summed E-state index contributed by atoms with van der Waals surface area (Å²) in [5, 5.41) is 9.49. The Morgan fingerprint density at radius 3 is 2.29 bits per heavy atom. The van der Waals surface area contributed by atoms with Gasteiger partial charge in [-0.25, -0.2) is 9.90 Å². The van der Waals surface area contributed by atoms with Gasteiger partial charge in [0.25, 0.3) is 0 Å². The second-order valence-electron chi connectivity index (χ2n) is 1.08. The number of hydrogen-bond acceptors (Lipinski definition) is 2. The highest BCUT2D eigenvalue weighted by atomic mass is 16.4. The van der Waals surface area contributed by atoms with Crippen LogP contribution >= 0.6 is 0 Å². The van der Waals surface area contributed by atoms with Crippen molar-refractivity contribution in [2.75, 3.05) is 0 Å². The van der Waals surface area contributed by atoms with Gasteiger partial charge in [0.2, 0.25) is 0 Å². The monoisotopic (exact) mass is 101 g/mol. The second-order valence-corrected chi connectivity index (χ2v) is 1.08. The lowest BCUT2D eigenvalue weighted by atomic mass is 10.3. The van der Waals surface area contributed by atoms with E-state index in [4.69, 9.17) is 0 Å². The first-order chi connectivity index (χ1) is 3.27. The van der Waals surface area contributed by atoms with Crippen LogP contribution in [0.3, 0.4) is 0 Å². The highest BCUT2D eigenvalue weighted by Crippen LogP contribution is 1.81. The fraction of sp³-hybridized carbons (Fsp3) is 0.500. The third-order valence-electron chi connectivity index (χ3n) is 0.466. The van der Waals surface area contributed by atoms with Crippen molar-refractivity contribution >= 4 is 12.3 Å². The summed E-state index contributed by atoms with van der Waals surface area (Å²) in [6.07, 6.45) is 0.446. The van der Waals surface area contributed by atoms with Crippen molar-refractivity contribution in [3.05, 3.63) is 0 Å². The van der Waals surface area contributed by atoms with Gasteiger partial charge in [-0.2, -0.15) is 0 Å². The highest BCUT2D eigenvalue weighted by molar-refractivity contribution is 5.69. The maximum Gasteiger partial charge on any atom is 0.356 e. The van der Waals surface area contributed by atoms with E-state index in [1.807, 2.05) is 0 Å². The van der Waals surface area contributed by atoms with E-state index < -0.39 is 5.97 Å². The first-order valence-corrected chi connectivity index (χ1v) is 1.91. The molecule has 0 rings (SSSR count). The van der Waals surface area contributed by atoms with E-state index in [9.17, 15) is 14.7 Å². The number of rotatable bonds is 3. The largest absolute Gasteiger partial charge is 0.356 e. The van der Waals surface area contributed by atoms with Crippen LogP contribution in [-0.2, 0) is 14.7 Å². The van der Waals surface area contributed by atoms with Crippen LogP contribution in [0.15, 0.2) is 0 Å². The molecule has 0 spiro atoms. The molecule has 3 heteroatoms. The topological polar surface area (TPSA) is 54.0 Å². The maximum atomic E-state index is 9.49. The van der Waals surface area contributed by atoms with Crippen molar-refractivity contribution in [3.8, 4) is 0 Å². The molecule has 0 unspecified atom stereocenters. The first kappa shape index (κ1) is 6.14. The summed E-state index contributed by atoms with van der Waals surface area (Å²) in [5.41, 5.74) is 0. The molecule has 0 bridgehead atoms. The van der Waals surface area contributed by atoms with Crippen LogP contribution in [0.2, 0.25) is 0 Å². The molecule has 0 aliphatic rings. The zero-order chi connectivity index (χ0) is 5.70. The van der Waals surface area contributed by atoms with E-state index >= 15 is 0 Å². The smallest absolute Gasteiger partial charge is 0.303 e. The van der Waals surface area contributed by atoms with Crippen molar-refractivity contribution in [1.82, 2.24) is 0 Å². The van der Waals surface area contributed by atoms with Gasteiger partial charge >= 0.3 is 5.97 Å². The first-order valence-electron chi connectivity index (χ1n) is 1.91. The molecular weight excluding hydrogens is 96.0 g/mol. The van der Waals surface area contributed by atoms with E-state index in [0.717, 1.165) is 0 Å². The zero-order valence-electron chi connectivity index (χ0n) is 3.72. The normalized spacial score (nSPS) is 8.00. The van der Waals surface area contributed by atoms with Crippen molar-refractivity contribution in [3.63, 3.8) is 0 Å². The van der Waals surface area contributed by atoms with Crippen molar-refractivity contribution in [2.45, 2.75) is 12.8 Å². The lowest BCUT2D eigenvalue weighted by molar-refractivity contribution is -0.143. The minimum Gasteiger partial charge on any atom is -0.303 e. The van der Waals surface area contributed by atoms with Crippen molar-refractivity contribution in [2.24, 2.45) is 0 Å².